The first-order valence-corrected chi connectivity index (χ1v) is 5.59. The SMILES string of the molecule is CC1CCCN1CC(=O)c1ccccc1. The maximum atomic E-state index is 11.9. The summed E-state index contributed by atoms with van der Waals surface area (Å²) in [6.45, 7) is 3.84. The fourth-order valence-electron chi connectivity index (χ4n) is 2.13. The quantitative estimate of drug-likeness (QED) is 0.703. The van der Waals surface area contributed by atoms with Crippen molar-refractivity contribution in [1.82, 2.24) is 4.90 Å². The molecular weight excluding hydrogens is 186 g/mol. The summed E-state index contributed by atoms with van der Waals surface area (Å²) in [6.07, 6.45) is 2.45. The van der Waals surface area contributed by atoms with Gasteiger partial charge in [0, 0.05) is 11.6 Å². The molecule has 1 atom stereocenters. The minimum Gasteiger partial charge on any atom is -0.293 e. The Bertz CT molecular complexity index is 334. The number of hydrogen-bond donors (Lipinski definition) is 0. The lowest BCUT2D eigenvalue weighted by atomic mass is 10.1. The van der Waals surface area contributed by atoms with Gasteiger partial charge in [0.05, 0.1) is 6.54 Å². The van der Waals surface area contributed by atoms with Crippen LogP contribution in [-0.4, -0.2) is 29.8 Å². The zero-order valence-corrected chi connectivity index (χ0v) is 9.15. The molecule has 0 bridgehead atoms. The highest BCUT2D eigenvalue weighted by atomic mass is 16.1. The van der Waals surface area contributed by atoms with Gasteiger partial charge in [0.25, 0.3) is 0 Å². The monoisotopic (exact) mass is 203 g/mol. The Morgan fingerprint density at radius 1 is 1.40 bits per heavy atom. The number of carbonyl (C=O) groups excluding carboxylic acids is 1. The van der Waals surface area contributed by atoms with E-state index in [1.54, 1.807) is 0 Å². The van der Waals surface area contributed by atoms with Crippen LogP contribution >= 0.6 is 0 Å². The van der Waals surface area contributed by atoms with Crippen molar-refractivity contribution in [1.29, 1.82) is 0 Å². The lowest BCUT2D eigenvalue weighted by molar-refractivity contribution is 0.0926. The number of nitrogens with zero attached hydrogens (tertiary/aromatic N) is 1. The largest absolute Gasteiger partial charge is 0.293 e. The normalized spacial score (nSPS) is 21.8. The molecular formula is C13H17NO. The summed E-state index contributed by atoms with van der Waals surface area (Å²) in [6, 6.07) is 10.1. The van der Waals surface area contributed by atoms with Crippen LogP contribution in [0.5, 0.6) is 0 Å². The standard InChI is InChI=1S/C13H17NO/c1-11-6-5-9-14(11)10-13(15)12-7-3-2-4-8-12/h2-4,7-8,11H,5-6,9-10H2,1H3. The van der Waals surface area contributed by atoms with Crippen LogP contribution < -0.4 is 0 Å². The van der Waals surface area contributed by atoms with Crippen molar-refractivity contribution in [2.75, 3.05) is 13.1 Å². The number of likely N-dealkylation sites (tertiary alicyclic amines) is 1. The van der Waals surface area contributed by atoms with Gasteiger partial charge in [-0.1, -0.05) is 30.3 Å². The third-order valence-electron chi connectivity index (χ3n) is 3.13. The van der Waals surface area contributed by atoms with E-state index in [1.165, 1.54) is 12.8 Å². The first kappa shape index (κ1) is 10.4. The van der Waals surface area contributed by atoms with Gasteiger partial charge in [-0.15, -0.1) is 0 Å². The van der Waals surface area contributed by atoms with Crippen molar-refractivity contribution in [2.24, 2.45) is 0 Å². The Kier molecular flexibility index (Phi) is 3.17. The van der Waals surface area contributed by atoms with E-state index in [-0.39, 0.29) is 5.78 Å². The highest BCUT2D eigenvalue weighted by Gasteiger charge is 2.22. The van der Waals surface area contributed by atoms with E-state index in [1.807, 2.05) is 30.3 Å². The third-order valence-corrected chi connectivity index (χ3v) is 3.13. The summed E-state index contributed by atoms with van der Waals surface area (Å²) in [7, 11) is 0. The van der Waals surface area contributed by atoms with Crippen LogP contribution in [0.1, 0.15) is 30.1 Å². The first-order valence-electron chi connectivity index (χ1n) is 5.59. The molecule has 1 aliphatic heterocycles. The average molecular weight is 203 g/mol. The molecule has 1 aromatic carbocycles. The molecule has 15 heavy (non-hydrogen) atoms. The third kappa shape index (κ3) is 2.45. The summed E-state index contributed by atoms with van der Waals surface area (Å²) < 4.78 is 0. The summed E-state index contributed by atoms with van der Waals surface area (Å²) >= 11 is 0. The highest BCUT2D eigenvalue weighted by Crippen LogP contribution is 2.16. The fourth-order valence-corrected chi connectivity index (χ4v) is 2.13. The Morgan fingerprint density at radius 3 is 2.73 bits per heavy atom. The maximum Gasteiger partial charge on any atom is 0.176 e. The predicted molar refractivity (Wildman–Crippen MR) is 61.0 cm³/mol. The molecule has 1 saturated heterocycles. The van der Waals surface area contributed by atoms with Gasteiger partial charge < -0.3 is 0 Å². The molecule has 0 spiro atoms. The Labute approximate surface area is 90.9 Å². The number of benzene rings is 1. The van der Waals surface area contributed by atoms with Crippen LogP contribution in [0.2, 0.25) is 0 Å². The molecule has 1 fully saturated rings. The van der Waals surface area contributed by atoms with Crippen LogP contribution in [-0.2, 0) is 0 Å². The van der Waals surface area contributed by atoms with Crippen molar-refractivity contribution < 1.29 is 4.79 Å². The topological polar surface area (TPSA) is 20.3 Å². The Hall–Kier alpha value is -1.15. The number of ketones is 1. The smallest absolute Gasteiger partial charge is 0.176 e. The molecule has 2 rings (SSSR count). The van der Waals surface area contributed by atoms with Crippen molar-refractivity contribution in [3.05, 3.63) is 35.9 Å². The second-order valence-corrected chi connectivity index (χ2v) is 4.25. The van der Waals surface area contributed by atoms with Gasteiger partial charge in [-0.2, -0.15) is 0 Å². The number of hydrogen-bond acceptors (Lipinski definition) is 2. The lowest BCUT2D eigenvalue weighted by Gasteiger charge is -2.19. The number of rotatable bonds is 3. The van der Waals surface area contributed by atoms with Gasteiger partial charge >= 0.3 is 0 Å². The summed E-state index contributed by atoms with van der Waals surface area (Å²) in [5.41, 5.74) is 0.830. The van der Waals surface area contributed by atoms with Crippen LogP contribution in [0.3, 0.4) is 0 Å². The zero-order valence-electron chi connectivity index (χ0n) is 9.15. The fraction of sp³-hybridized carbons (Fsp3) is 0.462. The van der Waals surface area contributed by atoms with Crippen LogP contribution in [0.15, 0.2) is 30.3 Å². The second kappa shape index (κ2) is 4.58. The summed E-state index contributed by atoms with van der Waals surface area (Å²) in [5.74, 6) is 0.240. The zero-order chi connectivity index (χ0) is 10.7. The molecule has 0 aromatic heterocycles. The van der Waals surface area contributed by atoms with Gasteiger partial charge in [0.1, 0.15) is 0 Å². The summed E-state index contributed by atoms with van der Waals surface area (Å²) in [5, 5.41) is 0. The minimum absolute atomic E-state index is 0.240. The minimum atomic E-state index is 0.240. The Balaban J connectivity index is 1.98. The van der Waals surface area contributed by atoms with Crippen molar-refractivity contribution >= 4 is 5.78 Å². The second-order valence-electron chi connectivity index (χ2n) is 4.25. The maximum absolute atomic E-state index is 11.9. The molecule has 1 aromatic rings. The molecule has 0 amide bonds. The van der Waals surface area contributed by atoms with Gasteiger partial charge in [-0.25, -0.2) is 0 Å². The molecule has 0 radical (unpaired) electrons. The van der Waals surface area contributed by atoms with Crippen LogP contribution in [0.4, 0.5) is 0 Å². The molecule has 2 nitrogen and oxygen atoms in total. The lowest BCUT2D eigenvalue weighted by Crippen LogP contribution is -2.32. The van der Waals surface area contributed by atoms with Crippen LogP contribution in [0.25, 0.3) is 0 Å². The molecule has 1 aliphatic rings. The van der Waals surface area contributed by atoms with E-state index in [9.17, 15) is 4.79 Å². The molecule has 0 N–H and O–H groups in total. The highest BCUT2D eigenvalue weighted by molar-refractivity contribution is 5.97. The Morgan fingerprint density at radius 2 is 2.13 bits per heavy atom. The van der Waals surface area contributed by atoms with Gasteiger partial charge in [-0.3, -0.25) is 9.69 Å². The first-order chi connectivity index (χ1) is 7.27. The van der Waals surface area contributed by atoms with Crippen molar-refractivity contribution in [3.8, 4) is 0 Å². The average Bonchev–Trinajstić information content (AvgIpc) is 2.66. The van der Waals surface area contributed by atoms with Gasteiger partial charge in [-0.05, 0) is 26.3 Å². The van der Waals surface area contributed by atoms with E-state index in [4.69, 9.17) is 0 Å². The predicted octanol–water partition coefficient (Wildman–Crippen LogP) is 2.35. The van der Waals surface area contributed by atoms with E-state index >= 15 is 0 Å². The van der Waals surface area contributed by atoms with Crippen molar-refractivity contribution in [3.63, 3.8) is 0 Å². The van der Waals surface area contributed by atoms with Crippen molar-refractivity contribution in [2.45, 2.75) is 25.8 Å². The summed E-state index contributed by atoms with van der Waals surface area (Å²) in [4.78, 5) is 14.2. The molecule has 80 valence electrons. The molecule has 0 saturated carbocycles. The van der Waals surface area contributed by atoms with E-state index < -0.39 is 0 Å². The molecule has 0 aliphatic carbocycles. The number of carbonyl (C=O) groups is 1. The van der Waals surface area contributed by atoms with Crippen LogP contribution in [0, 0.1) is 0 Å². The van der Waals surface area contributed by atoms with E-state index in [0.717, 1.165) is 12.1 Å². The molecule has 1 unspecified atom stereocenters. The molecule has 2 heteroatoms. The van der Waals surface area contributed by atoms with E-state index in [0.29, 0.717) is 12.6 Å². The number of Topliss-reactive ketones (excluding diaryl/α,β-unsaturated/α-hetero) is 1. The molecule has 1 heterocycles. The van der Waals surface area contributed by atoms with E-state index in [2.05, 4.69) is 11.8 Å². The van der Waals surface area contributed by atoms with Gasteiger partial charge in [0.15, 0.2) is 5.78 Å². The van der Waals surface area contributed by atoms with Gasteiger partial charge in [0.2, 0.25) is 0 Å².